The standard InChI is InChI=1S/C38H39FN4O5/c1-23-4-10-29(33(39)16-23)31-21-43(20-24-12-14-48-15-13-24)22-32(36(31)44)38(45)42-28-8-5-25(6-9-28)30-17-27(19-41-37(30)40)26-7-11-34(46-2)35(18-26)47-3/h4-9,11,16-19,21-22,24,29H,10,12-15,20H2,1-3H3,(H2,40,41)(H,42,45). The van der Waals surface area contributed by atoms with Gasteiger partial charge in [-0.25, -0.2) is 9.37 Å². The molecular formula is C38H39FN4O5. The zero-order chi connectivity index (χ0) is 33.8. The highest BCUT2D eigenvalue weighted by Gasteiger charge is 2.26. The van der Waals surface area contributed by atoms with Crippen LogP contribution in [0.3, 0.4) is 0 Å². The van der Waals surface area contributed by atoms with Gasteiger partial charge in [0, 0.05) is 66.6 Å². The molecule has 10 heteroatoms. The van der Waals surface area contributed by atoms with Crippen molar-refractivity contribution in [2.75, 3.05) is 38.5 Å². The molecule has 0 spiro atoms. The largest absolute Gasteiger partial charge is 0.493 e. The molecule has 0 bridgehead atoms. The monoisotopic (exact) mass is 650 g/mol. The summed E-state index contributed by atoms with van der Waals surface area (Å²) in [6.45, 7) is 3.78. The van der Waals surface area contributed by atoms with Crippen LogP contribution >= 0.6 is 0 Å². The minimum Gasteiger partial charge on any atom is -0.493 e. The van der Waals surface area contributed by atoms with E-state index in [2.05, 4.69) is 10.3 Å². The van der Waals surface area contributed by atoms with Crippen molar-refractivity contribution < 1.29 is 23.4 Å². The van der Waals surface area contributed by atoms with Crippen LogP contribution in [0.1, 0.15) is 48.0 Å². The normalized spacial score (nSPS) is 16.5. The van der Waals surface area contributed by atoms with Gasteiger partial charge in [0.25, 0.3) is 5.91 Å². The third-order valence-corrected chi connectivity index (χ3v) is 9.00. The summed E-state index contributed by atoms with van der Waals surface area (Å²) in [6.07, 6.45) is 10.5. The van der Waals surface area contributed by atoms with E-state index >= 15 is 4.39 Å². The van der Waals surface area contributed by atoms with Gasteiger partial charge in [0.2, 0.25) is 0 Å². The third-order valence-electron chi connectivity index (χ3n) is 9.00. The number of ether oxygens (including phenoxy) is 3. The van der Waals surface area contributed by atoms with Crippen molar-refractivity contribution in [3.05, 3.63) is 112 Å². The molecule has 1 amide bonds. The van der Waals surface area contributed by atoms with Gasteiger partial charge in [-0.3, -0.25) is 9.59 Å². The van der Waals surface area contributed by atoms with Crippen molar-refractivity contribution in [3.8, 4) is 33.8 Å². The van der Waals surface area contributed by atoms with E-state index in [4.69, 9.17) is 19.9 Å². The lowest BCUT2D eigenvalue weighted by molar-refractivity contribution is 0.0611. The number of halogens is 1. The number of anilines is 2. The Morgan fingerprint density at radius 3 is 2.46 bits per heavy atom. The molecule has 3 N–H and O–H groups in total. The molecule has 6 rings (SSSR count). The third kappa shape index (κ3) is 7.03. The quantitative estimate of drug-likeness (QED) is 0.198. The Morgan fingerprint density at radius 2 is 1.75 bits per heavy atom. The van der Waals surface area contributed by atoms with Crippen molar-refractivity contribution in [2.24, 2.45) is 5.92 Å². The highest BCUT2D eigenvalue weighted by Crippen LogP contribution is 2.36. The second kappa shape index (κ2) is 14.3. The molecule has 1 saturated heterocycles. The molecule has 4 aromatic rings. The Morgan fingerprint density at radius 1 is 1.02 bits per heavy atom. The number of carbonyl (C=O) groups excluding carboxylic acids is 1. The highest BCUT2D eigenvalue weighted by atomic mass is 19.1. The summed E-state index contributed by atoms with van der Waals surface area (Å²) in [5.74, 6) is 0.244. The lowest BCUT2D eigenvalue weighted by atomic mass is 9.89. The van der Waals surface area contributed by atoms with Gasteiger partial charge < -0.3 is 29.8 Å². The molecule has 2 aromatic heterocycles. The van der Waals surface area contributed by atoms with Crippen LogP contribution in [0.15, 0.2) is 95.5 Å². The molecule has 1 unspecified atom stereocenters. The number of pyridine rings is 2. The SMILES string of the molecule is COc1ccc(-c2cnc(N)c(-c3ccc(NC(=O)c4cn(CC5CCOCC5)cc(C5CC=C(C)C=C5F)c4=O)cc3)c2)cc1OC. The van der Waals surface area contributed by atoms with E-state index < -0.39 is 17.3 Å². The van der Waals surface area contributed by atoms with Gasteiger partial charge in [-0.1, -0.05) is 29.8 Å². The second-order valence-electron chi connectivity index (χ2n) is 12.2. The minimum absolute atomic E-state index is 0.0289. The van der Waals surface area contributed by atoms with Gasteiger partial charge >= 0.3 is 0 Å². The summed E-state index contributed by atoms with van der Waals surface area (Å²) in [4.78, 5) is 31.8. The van der Waals surface area contributed by atoms with Gasteiger partial charge in [-0.15, -0.1) is 0 Å². The Balaban J connectivity index is 1.26. The fourth-order valence-corrected chi connectivity index (χ4v) is 6.28. The van der Waals surface area contributed by atoms with Crippen LogP contribution in [0.2, 0.25) is 0 Å². The number of amides is 1. The van der Waals surface area contributed by atoms with Crippen LogP contribution in [-0.2, 0) is 11.3 Å². The van der Waals surface area contributed by atoms with Crippen molar-refractivity contribution in [2.45, 2.75) is 38.6 Å². The maximum Gasteiger partial charge on any atom is 0.261 e. The maximum absolute atomic E-state index is 15.2. The fourth-order valence-electron chi connectivity index (χ4n) is 6.28. The number of hydrogen-bond acceptors (Lipinski definition) is 7. The number of carbonyl (C=O) groups is 1. The lowest BCUT2D eigenvalue weighted by Crippen LogP contribution is -2.29. The number of hydrogen-bond donors (Lipinski definition) is 2. The molecule has 2 aliphatic rings. The fraction of sp³-hybridized carbons (Fsp3) is 0.289. The van der Waals surface area contributed by atoms with E-state index in [0.717, 1.165) is 40.7 Å². The summed E-state index contributed by atoms with van der Waals surface area (Å²) in [7, 11) is 3.17. The van der Waals surface area contributed by atoms with Gasteiger partial charge in [-0.05, 0) is 79.6 Å². The van der Waals surface area contributed by atoms with Crippen molar-refractivity contribution >= 4 is 17.4 Å². The van der Waals surface area contributed by atoms with Crippen LogP contribution in [0.5, 0.6) is 11.5 Å². The number of nitrogens with zero attached hydrogens (tertiary/aromatic N) is 2. The van der Waals surface area contributed by atoms with Crippen LogP contribution < -0.4 is 26.0 Å². The summed E-state index contributed by atoms with van der Waals surface area (Å²) >= 11 is 0. The first-order valence-electron chi connectivity index (χ1n) is 16.0. The number of allylic oxidation sites excluding steroid dienone is 4. The van der Waals surface area contributed by atoms with E-state index in [-0.39, 0.29) is 17.0 Å². The van der Waals surface area contributed by atoms with Gasteiger partial charge in [0.1, 0.15) is 17.2 Å². The molecule has 48 heavy (non-hydrogen) atoms. The number of nitrogens with one attached hydrogen (secondary N) is 1. The Bertz CT molecular complexity index is 1940. The average Bonchev–Trinajstić information content (AvgIpc) is 3.10. The van der Waals surface area contributed by atoms with Gasteiger partial charge in [0.15, 0.2) is 16.9 Å². The number of aromatic nitrogens is 2. The lowest BCUT2D eigenvalue weighted by Gasteiger charge is -2.25. The molecule has 2 aromatic carbocycles. The van der Waals surface area contributed by atoms with Gasteiger partial charge in [0.05, 0.1) is 14.2 Å². The zero-order valence-corrected chi connectivity index (χ0v) is 27.3. The number of nitrogen functional groups attached to an aromatic ring is 1. The van der Waals surface area contributed by atoms with E-state index in [9.17, 15) is 9.59 Å². The molecule has 0 saturated carbocycles. The van der Waals surface area contributed by atoms with Gasteiger partial charge in [-0.2, -0.15) is 0 Å². The van der Waals surface area contributed by atoms with Crippen molar-refractivity contribution in [1.82, 2.24) is 9.55 Å². The first-order valence-corrected chi connectivity index (χ1v) is 16.0. The Hall–Kier alpha value is -5.22. The number of nitrogens with two attached hydrogens (primary N) is 1. The van der Waals surface area contributed by atoms with Crippen LogP contribution in [0, 0.1) is 5.92 Å². The molecule has 1 aliphatic carbocycles. The summed E-state index contributed by atoms with van der Waals surface area (Å²) in [5, 5.41) is 2.87. The van der Waals surface area contributed by atoms with E-state index in [0.29, 0.717) is 55.1 Å². The predicted octanol–water partition coefficient (Wildman–Crippen LogP) is 7.14. The second-order valence-corrected chi connectivity index (χ2v) is 12.2. The number of benzene rings is 2. The van der Waals surface area contributed by atoms with E-state index in [1.165, 1.54) is 6.08 Å². The van der Waals surface area contributed by atoms with Crippen LogP contribution in [0.25, 0.3) is 22.3 Å². The highest BCUT2D eigenvalue weighted by molar-refractivity contribution is 6.04. The number of rotatable bonds is 9. The molecule has 0 radical (unpaired) electrons. The van der Waals surface area contributed by atoms with Crippen molar-refractivity contribution in [3.63, 3.8) is 0 Å². The van der Waals surface area contributed by atoms with Crippen LogP contribution in [0.4, 0.5) is 15.9 Å². The topological polar surface area (TPSA) is 118 Å². The molecule has 1 atom stereocenters. The summed E-state index contributed by atoms with van der Waals surface area (Å²) in [6, 6.07) is 14.7. The van der Waals surface area contributed by atoms with Crippen molar-refractivity contribution in [1.29, 1.82) is 0 Å². The smallest absolute Gasteiger partial charge is 0.261 e. The average molecular weight is 651 g/mol. The molecule has 3 heterocycles. The Kier molecular flexibility index (Phi) is 9.72. The first-order chi connectivity index (χ1) is 23.2. The maximum atomic E-state index is 15.2. The first kappa shape index (κ1) is 32.7. The number of methoxy groups -OCH3 is 2. The van der Waals surface area contributed by atoms with Crippen LogP contribution in [-0.4, -0.2) is 42.9 Å². The van der Waals surface area contributed by atoms with E-state index in [1.807, 2.05) is 54.0 Å². The molecule has 248 valence electrons. The molecule has 9 nitrogen and oxygen atoms in total. The predicted molar refractivity (Wildman–Crippen MR) is 185 cm³/mol. The van der Waals surface area contributed by atoms with E-state index in [1.54, 1.807) is 44.9 Å². The molecule has 1 aliphatic heterocycles. The Labute approximate surface area is 278 Å². The molecule has 1 fully saturated rings. The molecular weight excluding hydrogens is 611 g/mol. The zero-order valence-electron chi connectivity index (χ0n) is 27.3. The summed E-state index contributed by atoms with van der Waals surface area (Å²) < 4.78 is 33.3. The summed E-state index contributed by atoms with van der Waals surface area (Å²) in [5.41, 5.74) is 10.6. The minimum atomic E-state index is -0.733.